The Balaban J connectivity index is 1.89. The van der Waals surface area contributed by atoms with E-state index in [1.807, 2.05) is 12.1 Å². The lowest BCUT2D eigenvalue weighted by atomic mass is 9.85. The van der Waals surface area contributed by atoms with E-state index in [0.29, 0.717) is 5.92 Å². The maximum Gasteiger partial charge on any atom is 0.0468 e. The average molecular weight is 296 g/mol. The van der Waals surface area contributed by atoms with Gasteiger partial charge >= 0.3 is 0 Å². The van der Waals surface area contributed by atoms with Gasteiger partial charge in [-0.1, -0.05) is 30.7 Å². The van der Waals surface area contributed by atoms with Crippen molar-refractivity contribution in [3.8, 4) is 0 Å². The van der Waals surface area contributed by atoms with Crippen LogP contribution in [0.3, 0.4) is 0 Å². The van der Waals surface area contributed by atoms with Gasteiger partial charge in [-0.3, -0.25) is 0 Å². The molecule has 1 atom stereocenters. The van der Waals surface area contributed by atoms with E-state index in [9.17, 15) is 0 Å². The largest absolute Gasteiger partial charge is 0.381 e. The number of hydrogen-bond acceptors (Lipinski definition) is 2. The molecule has 112 valence electrons. The van der Waals surface area contributed by atoms with Gasteiger partial charge in [0.1, 0.15) is 0 Å². The summed E-state index contributed by atoms with van der Waals surface area (Å²) in [5.74, 6) is 1.54. The summed E-state index contributed by atoms with van der Waals surface area (Å²) < 4.78 is 5.46. The molecule has 1 fully saturated rings. The number of rotatable bonds is 7. The van der Waals surface area contributed by atoms with Crippen molar-refractivity contribution in [3.05, 3.63) is 34.9 Å². The lowest BCUT2D eigenvalue weighted by Gasteiger charge is -2.27. The first-order valence-corrected chi connectivity index (χ1v) is 8.18. The minimum absolute atomic E-state index is 0.708. The van der Waals surface area contributed by atoms with Crippen molar-refractivity contribution in [1.29, 1.82) is 0 Å². The summed E-state index contributed by atoms with van der Waals surface area (Å²) in [4.78, 5) is 0. The molecule has 1 aromatic rings. The molecule has 1 unspecified atom stereocenters. The van der Waals surface area contributed by atoms with Gasteiger partial charge in [0, 0.05) is 18.2 Å². The fraction of sp³-hybridized carbons (Fsp3) is 0.647. The van der Waals surface area contributed by atoms with E-state index < -0.39 is 0 Å². The van der Waals surface area contributed by atoms with E-state index >= 15 is 0 Å². The predicted molar refractivity (Wildman–Crippen MR) is 85.3 cm³/mol. The molecule has 1 aliphatic heterocycles. The van der Waals surface area contributed by atoms with Gasteiger partial charge in [-0.2, -0.15) is 0 Å². The summed E-state index contributed by atoms with van der Waals surface area (Å²) in [6.07, 6.45) is 4.90. The zero-order chi connectivity index (χ0) is 14.2. The van der Waals surface area contributed by atoms with E-state index in [4.69, 9.17) is 16.3 Å². The van der Waals surface area contributed by atoms with Crippen molar-refractivity contribution in [2.24, 2.45) is 11.8 Å². The highest BCUT2D eigenvalue weighted by molar-refractivity contribution is 6.30. The van der Waals surface area contributed by atoms with Crippen molar-refractivity contribution in [2.45, 2.75) is 32.6 Å². The van der Waals surface area contributed by atoms with Crippen LogP contribution in [-0.2, 0) is 11.2 Å². The van der Waals surface area contributed by atoms with Gasteiger partial charge in [-0.15, -0.1) is 0 Å². The molecule has 2 rings (SSSR count). The summed E-state index contributed by atoms with van der Waals surface area (Å²) >= 11 is 5.96. The normalized spacial score (nSPS) is 18.1. The molecule has 1 aliphatic rings. The fourth-order valence-electron chi connectivity index (χ4n) is 2.99. The van der Waals surface area contributed by atoms with Gasteiger partial charge in [0.25, 0.3) is 0 Å². The molecule has 1 heterocycles. The third-order valence-electron chi connectivity index (χ3n) is 4.13. The molecule has 0 saturated carbocycles. The van der Waals surface area contributed by atoms with Crippen LogP contribution < -0.4 is 5.32 Å². The lowest BCUT2D eigenvalue weighted by molar-refractivity contribution is 0.0585. The number of halogens is 1. The molecule has 0 radical (unpaired) electrons. The number of ether oxygens (including phenoxy) is 1. The van der Waals surface area contributed by atoms with Crippen LogP contribution in [0.15, 0.2) is 24.3 Å². The van der Waals surface area contributed by atoms with Crippen LogP contribution in [0.4, 0.5) is 0 Å². The second-order valence-corrected chi connectivity index (χ2v) is 6.23. The Morgan fingerprint density at radius 2 is 1.95 bits per heavy atom. The molecular formula is C17H26ClNO. The van der Waals surface area contributed by atoms with Crippen LogP contribution in [0.25, 0.3) is 0 Å². The highest BCUT2D eigenvalue weighted by atomic mass is 35.5. The Labute approximate surface area is 127 Å². The summed E-state index contributed by atoms with van der Waals surface area (Å²) in [7, 11) is 0. The standard InChI is InChI=1S/C17H26ClNO/c1-2-19-13-16(12-15-7-9-20-10-8-15)11-14-3-5-17(18)6-4-14/h3-6,15-16,19H,2,7-13H2,1H3. The number of hydrogen-bond donors (Lipinski definition) is 1. The summed E-state index contributed by atoms with van der Waals surface area (Å²) in [6.45, 7) is 6.22. The maximum absolute atomic E-state index is 5.96. The Kier molecular flexibility index (Phi) is 6.85. The highest BCUT2D eigenvalue weighted by Crippen LogP contribution is 2.25. The smallest absolute Gasteiger partial charge is 0.0468 e. The highest BCUT2D eigenvalue weighted by Gasteiger charge is 2.19. The van der Waals surface area contributed by atoms with Gasteiger partial charge in [0.05, 0.1) is 0 Å². The molecule has 1 saturated heterocycles. The van der Waals surface area contributed by atoms with Gasteiger partial charge in [-0.25, -0.2) is 0 Å². The van der Waals surface area contributed by atoms with Gasteiger partial charge in [-0.05, 0) is 68.3 Å². The molecule has 0 spiro atoms. The van der Waals surface area contributed by atoms with Crippen molar-refractivity contribution in [2.75, 3.05) is 26.3 Å². The number of nitrogens with one attached hydrogen (secondary N) is 1. The van der Waals surface area contributed by atoms with Crippen molar-refractivity contribution in [1.82, 2.24) is 5.32 Å². The summed E-state index contributed by atoms with van der Waals surface area (Å²) in [6, 6.07) is 8.31. The molecule has 0 bridgehead atoms. The molecule has 3 heteroatoms. The topological polar surface area (TPSA) is 21.3 Å². The van der Waals surface area contributed by atoms with Crippen LogP contribution in [0.2, 0.25) is 5.02 Å². The molecule has 1 N–H and O–H groups in total. The van der Waals surface area contributed by atoms with Crippen molar-refractivity contribution >= 4 is 11.6 Å². The molecule has 0 aliphatic carbocycles. The van der Waals surface area contributed by atoms with Crippen molar-refractivity contribution < 1.29 is 4.74 Å². The van der Waals surface area contributed by atoms with Gasteiger partial charge in [0.15, 0.2) is 0 Å². The molecule has 1 aromatic carbocycles. The summed E-state index contributed by atoms with van der Waals surface area (Å²) in [5, 5.41) is 4.33. The van der Waals surface area contributed by atoms with Crippen LogP contribution in [0, 0.1) is 11.8 Å². The Morgan fingerprint density at radius 3 is 2.60 bits per heavy atom. The van der Waals surface area contributed by atoms with E-state index in [1.54, 1.807) is 0 Å². The lowest BCUT2D eigenvalue weighted by Crippen LogP contribution is -2.27. The maximum atomic E-state index is 5.96. The number of benzene rings is 1. The zero-order valence-corrected chi connectivity index (χ0v) is 13.2. The molecule has 20 heavy (non-hydrogen) atoms. The van der Waals surface area contributed by atoms with Gasteiger partial charge < -0.3 is 10.1 Å². The average Bonchev–Trinajstić information content (AvgIpc) is 2.48. The first kappa shape index (κ1) is 15.8. The SMILES string of the molecule is CCNCC(Cc1ccc(Cl)cc1)CC1CCOCC1. The Hall–Kier alpha value is -0.570. The fourth-order valence-corrected chi connectivity index (χ4v) is 3.12. The van der Waals surface area contributed by atoms with E-state index in [2.05, 4.69) is 24.4 Å². The van der Waals surface area contributed by atoms with E-state index in [-0.39, 0.29) is 0 Å². The third kappa shape index (κ3) is 5.43. The Morgan fingerprint density at radius 1 is 1.25 bits per heavy atom. The molecule has 0 amide bonds. The molecular weight excluding hydrogens is 270 g/mol. The van der Waals surface area contributed by atoms with Crippen molar-refractivity contribution in [3.63, 3.8) is 0 Å². The predicted octanol–water partition coefficient (Wildman–Crippen LogP) is 3.92. The molecule has 0 aromatic heterocycles. The first-order valence-electron chi connectivity index (χ1n) is 7.80. The second kappa shape index (κ2) is 8.66. The summed E-state index contributed by atoms with van der Waals surface area (Å²) in [5.41, 5.74) is 1.39. The minimum Gasteiger partial charge on any atom is -0.381 e. The van der Waals surface area contributed by atoms with Gasteiger partial charge in [0.2, 0.25) is 0 Å². The zero-order valence-electron chi connectivity index (χ0n) is 12.4. The first-order chi connectivity index (χ1) is 9.78. The third-order valence-corrected chi connectivity index (χ3v) is 4.38. The molecule has 2 nitrogen and oxygen atoms in total. The quantitative estimate of drug-likeness (QED) is 0.823. The Bertz CT molecular complexity index is 373. The van der Waals surface area contributed by atoms with Crippen LogP contribution in [0.5, 0.6) is 0 Å². The van der Waals surface area contributed by atoms with Crippen LogP contribution >= 0.6 is 11.6 Å². The monoisotopic (exact) mass is 295 g/mol. The van der Waals surface area contributed by atoms with E-state index in [0.717, 1.165) is 43.7 Å². The van der Waals surface area contributed by atoms with E-state index in [1.165, 1.54) is 24.8 Å². The second-order valence-electron chi connectivity index (χ2n) is 5.80. The minimum atomic E-state index is 0.708. The van der Waals surface area contributed by atoms with Crippen LogP contribution in [-0.4, -0.2) is 26.3 Å². The van der Waals surface area contributed by atoms with Crippen LogP contribution in [0.1, 0.15) is 31.7 Å².